The minimum absolute atomic E-state index is 0.0206. The van der Waals surface area contributed by atoms with Crippen LogP contribution in [0.5, 0.6) is 0 Å². The number of aromatic nitrogens is 2. The molecule has 2 aromatic carbocycles. The SMILES string of the molecule is NS(=O)(=O)c1ccc(NC(=O)CSc2nc3sc4c(c3c(=O)n2-c2ccccc2)CCC4)cc1. The highest BCUT2D eigenvalue weighted by Gasteiger charge is 2.24. The normalized spacial score (nSPS) is 13.2. The van der Waals surface area contributed by atoms with Crippen LogP contribution in [0.25, 0.3) is 15.9 Å². The molecule has 0 atom stereocenters. The quantitative estimate of drug-likeness (QED) is 0.302. The number of hydrogen-bond acceptors (Lipinski definition) is 7. The van der Waals surface area contributed by atoms with Gasteiger partial charge in [-0.1, -0.05) is 30.0 Å². The van der Waals surface area contributed by atoms with Crippen LogP contribution in [0.2, 0.25) is 0 Å². The number of nitrogens with zero attached hydrogens (tertiary/aromatic N) is 2. The Labute approximate surface area is 203 Å². The summed E-state index contributed by atoms with van der Waals surface area (Å²) in [5.74, 6) is -0.289. The van der Waals surface area contributed by atoms with Crippen molar-refractivity contribution in [3.8, 4) is 5.69 Å². The Morgan fingerprint density at radius 2 is 1.85 bits per heavy atom. The van der Waals surface area contributed by atoms with Gasteiger partial charge in [-0.05, 0) is 61.2 Å². The number of para-hydroxylation sites is 1. The van der Waals surface area contributed by atoms with Crippen LogP contribution >= 0.6 is 23.1 Å². The van der Waals surface area contributed by atoms with Crippen molar-refractivity contribution < 1.29 is 13.2 Å². The van der Waals surface area contributed by atoms with Gasteiger partial charge in [0, 0.05) is 10.6 Å². The van der Waals surface area contributed by atoms with Crippen LogP contribution in [0.3, 0.4) is 0 Å². The maximum absolute atomic E-state index is 13.6. The topological polar surface area (TPSA) is 124 Å². The minimum atomic E-state index is -3.80. The fourth-order valence-corrected chi connectivity index (χ4v) is 6.61. The average Bonchev–Trinajstić information content (AvgIpc) is 3.39. The molecule has 0 fully saturated rings. The Balaban J connectivity index is 1.43. The van der Waals surface area contributed by atoms with Gasteiger partial charge in [0.2, 0.25) is 15.9 Å². The Morgan fingerprint density at radius 1 is 1.12 bits per heavy atom. The lowest BCUT2D eigenvalue weighted by Crippen LogP contribution is -2.23. The zero-order chi connectivity index (χ0) is 23.9. The summed E-state index contributed by atoms with van der Waals surface area (Å²) in [5.41, 5.74) is 2.13. The van der Waals surface area contributed by atoms with Crippen LogP contribution in [0.1, 0.15) is 16.9 Å². The van der Waals surface area contributed by atoms with Crippen molar-refractivity contribution in [2.45, 2.75) is 29.3 Å². The second-order valence-corrected chi connectivity index (χ2v) is 11.4. The first-order chi connectivity index (χ1) is 16.3. The molecule has 4 aromatic rings. The van der Waals surface area contributed by atoms with Crippen LogP contribution in [0.15, 0.2) is 69.4 Å². The van der Waals surface area contributed by atoms with Gasteiger partial charge in [-0.25, -0.2) is 18.5 Å². The monoisotopic (exact) mass is 512 g/mol. The van der Waals surface area contributed by atoms with E-state index in [0.717, 1.165) is 24.8 Å². The fourth-order valence-electron chi connectivity index (χ4n) is 3.98. The molecule has 11 heteroatoms. The maximum atomic E-state index is 13.6. The Bertz CT molecular complexity index is 1560. The molecule has 2 heterocycles. The van der Waals surface area contributed by atoms with Crippen molar-refractivity contribution in [2.75, 3.05) is 11.1 Å². The number of sulfonamides is 1. The van der Waals surface area contributed by atoms with E-state index in [1.54, 1.807) is 15.9 Å². The number of carbonyl (C=O) groups is 1. The molecule has 0 saturated carbocycles. The largest absolute Gasteiger partial charge is 0.325 e. The van der Waals surface area contributed by atoms with E-state index >= 15 is 0 Å². The number of fused-ring (bicyclic) bond motifs is 3. The molecule has 0 unspecified atom stereocenters. The summed E-state index contributed by atoms with van der Waals surface area (Å²) in [6.45, 7) is 0. The van der Waals surface area contributed by atoms with E-state index in [-0.39, 0.29) is 22.1 Å². The van der Waals surface area contributed by atoms with E-state index in [1.165, 1.54) is 40.9 Å². The lowest BCUT2D eigenvalue weighted by atomic mass is 10.2. The number of aryl methyl sites for hydroxylation is 2. The number of anilines is 1. The van der Waals surface area contributed by atoms with Crippen LogP contribution in [-0.2, 0) is 27.7 Å². The lowest BCUT2D eigenvalue weighted by molar-refractivity contribution is -0.113. The molecule has 1 aliphatic rings. The number of hydrogen-bond donors (Lipinski definition) is 2. The molecule has 0 saturated heterocycles. The number of nitrogens with one attached hydrogen (secondary N) is 1. The van der Waals surface area contributed by atoms with Crippen LogP contribution in [-0.4, -0.2) is 29.6 Å². The molecule has 34 heavy (non-hydrogen) atoms. The van der Waals surface area contributed by atoms with E-state index < -0.39 is 10.0 Å². The molecular weight excluding hydrogens is 492 g/mol. The first kappa shape index (κ1) is 22.8. The Kier molecular flexibility index (Phi) is 6.02. The van der Waals surface area contributed by atoms with Crippen LogP contribution in [0.4, 0.5) is 5.69 Å². The van der Waals surface area contributed by atoms with Crippen molar-refractivity contribution >= 4 is 54.9 Å². The third kappa shape index (κ3) is 4.39. The number of thioether (sulfide) groups is 1. The molecular formula is C23H20N4O4S3. The number of primary sulfonamides is 1. The molecule has 0 spiro atoms. The minimum Gasteiger partial charge on any atom is -0.325 e. The number of nitrogens with two attached hydrogens (primary N) is 1. The van der Waals surface area contributed by atoms with Crippen molar-refractivity contribution in [3.63, 3.8) is 0 Å². The lowest BCUT2D eigenvalue weighted by Gasteiger charge is -2.12. The summed E-state index contributed by atoms with van der Waals surface area (Å²) in [6, 6.07) is 14.9. The van der Waals surface area contributed by atoms with E-state index in [2.05, 4.69) is 5.32 Å². The third-order valence-corrected chi connectivity index (χ3v) is 8.58. The zero-order valence-electron chi connectivity index (χ0n) is 17.9. The predicted octanol–water partition coefficient (Wildman–Crippen LogP) is 3.31. The number of thiophene rings is 1. The molecule has 1 aliphatic carbocycles. The second-order valence-electron chi connectivity index (χ2n) is 7.81. The molecule has 0 radical (unpaired) electrons. The van der Waals surface area contributed by atoms with Crippen LogP contribution < -0.4 is 16.0 Å². The molecule has 2 aromatic heterocycles. The first-order valence-electron chi connectivity index (χ1n) is 10.5. The zero-order valence-corrected chi connectivity index (χ0v) is 20.3. The molecule has 5 rings (SSSR count). The molecule has 8 nitrogen and oxygen atoms in total. The molecule has 3 N–H and O–H groups in total. The summed E-state index contributed by atoms with van der Waals surface area (Å²) in [6.07, 6.45) is 2.91. The van der Waals surface area contributed by atoms with Gasteiger partial charge in [-0.15, -0.1) is 11.3 Å². The van der Waals surface area contributed by atoms with Gasteiger partial charge in [0.15, 0.2) is 5.16 Å². The number of rotatable bonds is 6. The van der Waals surface area contributed by atoms with Gasteiger partial charge in [0.25, 0.3) is 5.56 Å². The summed E-state index contributed by atoms with van der Waals surface area (Å²) >= 11 is 2.74. The van der Waals surface area contributed by atoms with E-state index in [0.29, 0.717) is 26.7 Å². The van der Waals surface area contributed by atoms with Gasteiger partial charge < -0.3 is 5.32 Å². The van der Waals surface area contributed by atoms with Crippen LogP contribution in [0, 0.1) is 0 Å². The van der Waals surface area contributed by atoms with E-state index in [1.807, 2.05) is 30.3 Å². The molecule has 1 amide bonds. The van der Waals surface area contributed by atoms with Gasteiger partial charge >= 0.3 is 0 Å². The smallest absolute Gasteiger partial charge is 0.267 e. The average molecular weight is 513 g/mol. The van der Waals surface area contributed by atoms with Gasteiger partial charge in [-0.2, -0.15) is 0 Å². The van der Waals surface area contributed by atoms with E-state index in [9.17, 15) is 18.0 Å². The summed E-state index contributed by atoms with van der Waals surface area (Å²) in [4.78, 5) is 32.8. The predicted molar refractivity (Wildman–Crippen MR) is 134 cm³/mol. The summed E-state index contributed by atoms with van der Waals surface area (Å²) in [5, 5.41) is 8.96. The molecule has 0 bridgehead atoms. The third-order valence-electron chi connectivity index (χ3n) is 5.52. The second kappa shape index (κ2) is 8.99. The van der Waals surface area contributed by atoms with Gasteiger partial charge in [-0.3, -0.25) is 14.2 Å². The standard InChI is InChI=1S/C23H20N4O4S3/c24-34(30,31)16-11-9-14(10-12-16)25-19(28)13-32-23-26-21-20(17-7-4-8-18(17)33-21)22(29)27(23)15-5-2-1-3-6-15/h1-3,5-6,9-12H,4,7-8,13H2,(H,25,28)(H2,24,30,31). The van der Waals surface area contributed by atoms with Gasteiger partial charge in [0.05, 0.1) is 21.7 Å². The number of amides is 1. The first-order valence-corrected chi connectivity index (χ1v) is 13.8. The summed E-state index contributed by atoms with van der Waals surface area (Å²) < 4.78 is 24.4. The summed E-state index contributed by atoms with van der Waals surface area (Å²) in [7, 11) is -3.80. The highest BCUT2D eigenvalue weighted by atomic mass is 32.2. The van der Waals surface area contributed by atoms with Crippen molar-refractivity contribution in [3.05, 3.63) is 75.4 Å². The van der Waals surface area contributed by atoms with Crippen molar-refractivity contribution in [1.82, 2.24) is 9.55 Å². The van der Waals surface area contributed by atoms with Crippen molar-refractivity contribution in [1.29, 1.82) is 0 Å². The van der Waals surface area contributed by atoms with E-state index in [4.69, 9.17) is 10.1 Å². The molecule has 174 valence electrons. The fraction of sp³-hybridized carbons (Fsp3) is 0.174. The molecule has 0 aliphatic heterocycles. The van der Waals surface area contributed by atoms with Crippen molar-refractivity contribution in [2.24, 2.45) is 5.14 Å². The highest BCUT2D eigenvalue weighted by molar-refractivity contribution is 7.99. The number of benzene rings is 2. The maximum Gasteiger partial charge on any atom is 0.267 e. The highest BCUT2D eigenvalue weighted by Crippen LogP contribution is 2.36. The Hall–Kier alpha value is -2.99. The number of carbonyl (C=O) groups excluding carboxylic acids is 1. The van der Waals surface area contributed by atoms with Gasteiger partial charge in [0.1, 0.15) is 4.83 Å². The Morgan fingerprint density at radius 3 is 2.56 bits per heavy atom.